The van der Waals surface area contributed by atoms with E-state index in [-0.39, 0.29) is 0 Å². The zero-order valence-electron chi connectivity index (χ0n) is 11.1. The second kappa shape index (κ2) is 7.38. The Morgan fingerprint density at radius 3 is 2.90 bits per heavy atom. The van der Waals surface area contributed by atoms with Crippen LogP contribution in [0.3, 0.4) is 0 Å². The van der Waals surface area contributed by atoms with E-state index in [0.717, 1.165) is 18.8 Å². The number of nitrogens with zero attached hydrogens (tertiary/aromatic N) is 2. The first-order valence-corrected chi connectivity index (χ1v) is 7.95. The van der Waals surface area contributed by atoms with Gasteiger partial charge >= 0.3 is 0 Å². The van der Waals surface area contributed by atoms with Gasteiger partial charge in [0.15, 0.2) is 0 Å². The molecule has 2 rings (SSSR count). The Bertz CT molecular complexity index is 548. The Kier molecular flexibility index (Phi) is 5.81. The van der Waals surface area contributed by atoms with Crippen LogP contribution in [0.4, 0.5) is 0 Å². The van der Waals surface area contributed by atoms with Crippen LogP contribution in [-0.2, 0) is 6.54 Å². The SMILES string of the molecule is CN(CCC(O)c1cccc(Cl)c1Cl)Cc1cscn1. The average molecular weight is 331 g/mol. The van der Waals surface area contributed by atoms with E-state index in [1.807, 2.05) is 17.9 Å². The maximum absolute atomic E-state index is 10.2. The van der Waals surface area contributed by atoms with Crippen molar-refractivity contribution in [3.63, 3.8) is 0 Å². The summed E-state index contributed by atoms with van der Waals surface area (Å²) in [6, 6.07) is 5.32. The third kappa shape index (κ3) is 4.17. The predicted molar refractivity (Wildman–Crippen MR) is 84.5 cm³/mol. The van der Waals surface area contributed by atoms with Gasteiger partial charge in [-0.1, -0.05) is 35.3 Å². The van der Waals surface area contributed by atoms with Crippen molar-refractivity contribution in [1.29, 1.82) is 0 Å². The van der Waals surface area contributed by atoms with Crippen molar-refractivity contribution in [2.75, 3.05) is 13.6 Å². The standard InChI is InChI=1S/C14H16Cl2N2OS/c1-18(7-10-8-20-9-17-10)6-5-13(19)11-3-2-4-12(15)14(11)16/h2-4,8-9,13,19H,5-7H2,1H3. The zero-order valence-corrected chi connectivity index (χ0v) is 13.4. The smallest absolute Gasteiger partial charge is 0.0817 e. The number of halogens is 2. The molecule has 108 valence electrons. The molecule has 0 aliphatic carbocycles. The maximum atomic E-state index is 10.2. The summed E-state index contributed by atoms with van der Waals surface area (Å²) in [6.07, 6.45) is -0.0140. The van der Waals surface area contributed by atoms with E-state index in [1.165, 1.54) is 0 Å². The minimum absolute atomic E-state index is 0.434. The van der Waals surface area contributed by atoms with Crippen molar-refractivity contribution in [3.05, 3.63) is 50.4 Å². The highest BCUT2D eigenvalue weighted by Crippen LogP contribution is 2.31. The van der Waals surface area contributed by atoms with Gasteiger partial charge in [0, 0.05) is 24.0 Å². The molecule has 0 aliphatic rings. The number of hydrogen-bond donors (Lipinski definition) is 1. The Morgan fingerprint density at radius 2 is 2.20 bits per heavy atom. The number of aromatic nitrogens is 1. The van der Waals surface area contributed by atoms with E-state index >= 15 is 0 Å². The molecule has 6 heteroatoms. The van der Waals surface area contributed by atoms with Gasteiger partial charge in [-0.25, -0.2) is 4.98 Å². The van der Waals surface area contributed by atoms with Crippen molar-refractivity contribution in [1.82, 2.24) is 9.88 Å². The number of aliphatic hydroxyl groups excluding tert-OH is 1. The van der Waals surface area contributed by atoms with E-state index in [9.17, 15) is 5.11 Å². The lowest BCUT2D eigenvalue weighted by Crippen LogP contribution is -2.21. The summed E-state index contributed by atoms with van der Waals surface area (Å²) in [6.45, 7) is 1.53. The van der Waals surface area contributed by atoms with Crippen LogP contribution in [0.5, 0.6) is 0 Å². The van der Waals surface area contributed by atoms with Crippen molar-refractivity contribution >= 4 is 34.5 Å². The fourth-order valence-electron chi connectivity index (χ4n) is 1.95. The maximum Gasteiger partial charge on any atom is 0.0817 e. The summed E-state index contributed by atoms with van der Waals surface area (Å²) in [5.74, 6) is 0. The fraction of sp³-hybridized carbons (Fsp3) is 0.357. The predicted octanol–water partition coefficient (Wildman–Crippen LogP) is 4.01. The highest BCUT2D eigenvalue weighted by molar-refractivity contribution is 7.07. The number of rotatable bonds is 6. The Morgan fingerprint density at radius 1 is 1.40 bits per heavy atom. The molecule has 3 nitrogen and oxygen atoms in total. The second-order valence-electron chi connectivity index (χ2n) is 4.67. The van der Waals surface area contributed by atoms with E-state index in [0.29, 0.717) is 22.0 Å². The van der Waals surface area contributed by atoms with Crippen LogP contribution in [0.15, 0.2) is 29.1 Å². The minimum Gasteiger partial charge on any atom is -0.388 e. The average Bonchev–Trinajstić information content (AvgIpc) is 2.92. The molecular formula is C14H16Cl2N2OS. The fourth-order valence-corrected chi connectivity index (χ4v) is 2.93. The molecule has 0 bridgehead atoms. The largest absolute Gasteiger partial charge is 0.388 e. The molecule has 0 amide bonds. The number of aliphatic hydroxyl groups is 1. The Hall–Kier alpha value is -0.650. The van der Waals surface area contributed by atoms with E-state index < -0.39 is 6.10 Å². The van der Waals surface area contributed by atoms with Gasteiger partial charge in [0.25, 0.3) is 0 Å². The molecule has 0 aliphatic heterocycles. The summed E-state index contributed by atoms with van der Waals surface area (Å²) in [5, 5.41) is 13.2. The van der Waals surface area contributed by atoms with Crippen LogP contribution in [0.25, 0.3) is 0 Å². The topological polar surface area (TPSA) is 36.4 Å². The quantitative estimate of drug-likeness (QED) is 0.869. The van der Waals surface area contributed by atoms with Crippen LogP contribution in [-0.4, -0.2) is 28.6 Å². The van der Waals surface area contributed by atoms with E-state index in [4.69, 9.17) is 23.2 Å². The first-order valence-electron chi connectivity index (χ1n) is 6.25. The number of thiazole rings is 1. The van der Waals surface area contributed by atoms with Crippen LogP contribution < -0.4 is 0 Å². The molecule has 2 aromatic rings. The first-order chi connectivity index (χ1) is 9.58. The third-order valence-corrected chi connectivity index (χ3v) is 4.51. The van der Waals surface area contributed by atoms with Crippen LogP contribution in [0.2, 0.25) is 10.0 Å². The summed E-state index contributed by atoms with van der Waals surface area (Å²) in [5.41, 5.74) is 3.55. The molecule has 1 aromatic carbocycles. The Balaban J connectivity index is 1.88. The monoisotopic (exact) mass is 330 g/mol. The van der Waals surface area contributed by atoms with Gasteiger partial charge in [0.1, 0.15) is 0 Å². The molecule has 1 aromatic heterocycles. The molecule has 0 saturated carbocycles. The van der Waals surface area contributed by atoms with Gasteiger partial charge in [0.05, 0.1) is 27.4 Å². The van der Waals surface area contributed by atoms with E-state index in [1.54, 1.807) is 29.5 Å². The molecule has 1 N–H and O–H groups in total. The lowest BCUT2D eigenvalue weighted by Gasteiger charge is -2.19. The van der Waals surface area contributed by atoms with Gasteiger partial charge in [-0.05, 0) is 19.5 Å². The van der Waals surface area contributed by atoms with Crippen molar-refractivity contribution < 1.29 is 5.11 Å². The molecule has 20 heavy (non-hydrogen) atoms. The van der Waals surface area contributed by atoms with Crippen LogP contribution in [0.1, 0.15) is 23.8 Å². The Labute approximate surface area is 132 Å². The molecule has 1 unspecified atom stereocenters. The highest BCUT2D eigenvalue weighted by Gasteiger charge is 2.14. The minimum atomic E-state index is -0.612. The molecule has 1 atom stereocenters. The summed E-state index contributed by atoms with van der Waals surface area (Å²) < 4.78 is 0. The molecular weight excluding hydrogens is 315 g/mol. The van der Waals surface area contributed by atoms with Crippen molar-refractivity contribution in [2.24, 2.45) is 0 Å². The lowest BCUT2D eigenvalue weighted by atomic mass is 10.1. The normalized spacial score (nSPS) is 12.8. The zero-order chi connectivity index (χ0) is 14.5. The third-order valence-electron chi connectivity index (χ3n) is 3.04. The summed E-state index contributed by atoms with van der Waals surface area (Å²) in [4.78, 5) is 6.36. The van der Waals surface area contributed by atoms with Crippen molar-refractivity contribution in [2.45, 2.75) is 19.1 Å². The highest BCUT2D eigenvalue weighted by atomic mass is 35.5. The van der Waals surface area contributed by atoms with Crippen LogP contribution in [0, 0.1) is 0 Å². The molecule has 0 fully saturated rings. The van der Waals surface area contributed by atoms with Crippen molar-refractivity contribution in [3.8, 4) is 0 Å². The van der Waals surface area contributed by atoms with Gasteiger partial charge in [-0.3, -0.25) is 0 Å². The molecule has 1 heterocycles. The lowest BCUT2D eigenvalue weighted by molar-refractivity contribution is 0.147. The van der Waals surface area contributed by atoms with Gasteiger partial charge in [-0.2, -0.15) is 0 Å². The van der Waals surface area contributed by atoms with Gasteiger partial charge in [0.2, 0.25) is 0 Å². The van der Waals surface area contributed by atoms with E-state index in [2.05, 4.69) is 9.88 Å². The van der Waals surface area contributed by atoms with Crippen LogP contribution >= 0.6 is 34.5 Å². The number of hydrogen-bond acceptors (Lipinski definition) is 4. The van der Waals surface area contributed by atoms with Gasteiger partial charge in [-0.15, -0.1) is 11.3 Å². The molecule has 0 radical (unpaired) electrons. The van der Waals surface area contributed by atoms with Gasteiger partial charge < -0.3 is 10.0 Å². The molecule has 0 saturated heterocycles. The summed E-state index contributed by atoms with van der Waals surface area (Å²) >= 11 is 13.6. The first kappa shape index (κ1) is 15.7. The summed E-state index contributed by atoms with van der Waals surface area (Å²) in [7, 11) is 2.01. The molecule has 0 spiro atoms. The number of benzene rings is 1. The second-order valence-corrected chi connectivity index (χ2v) is 6.17.